The summed E-state index contributed by atoms with van der Waals surface area (Å²) in [6, 6.07) is 35.4. The van der Waals surface area contributed by atoms with Crippen LogP contribution in [0.3, 0.4) is 0 Å². The summed E-state index contributed by atoms with van der Waals surface area (Å²) in [7, 11) is 0. The molecule has 0 heterocycles. The summed E-state index contributed by atoms with van der Waals surface area (Å²) in [5, 5.41) is 0. The molecule has 0 N–H and O–H groups in total. The van der Waals surface area contributed by atoms with Gasteiger partial charge in [-0.05, 0) is 52.1 Å². The van der Waals surface area contributed by atoms with Crippen LogP contribution in [0.2, 0.25) is 0 Å². The molecule has 28 heavy (non-hydrogen) atoms. The minimum Gasteiger partial charge on any atom is -0.489 e. The summed E-state index contributed by atoms with van der Waals surface area (Å²) in [4.78, 5) is 0. The molecule has 2 heteroatoms. The predicted molar refractivity (Wildman–Crippen MR) is 119 cm³/mol. The lowest BCUT2D eigenvalue weighted by Gasteiger charge is -2.08. The maximum Gasteiger partial charge on any atom is 0.119 e. The van der Waals surface area contributed by atoms with Gasteiger partial charge in [0.1, 0.15) is 12.4 Å². The highest BCUT2D eigenvalue weighted by Crippen LogP contribution is 2.24. The number of benzene rings is 4. The lowest BCUT2D eigenvalue weighted by Crippen LogP contribution is -1.94. The highest BCUT2D eigenvalue weighted by Gasteiger charge is 2.02. The van der Waals surface area contributed by atoms with Crippen LogP contribution in [0.15, 0.2) is 108 Å². The Kier molecular flexibility index (Phi) is 5.89. The van der Waals surface area contributed by atoms with E-state index in [0.717, 1.165) is 15.8 Å². The molecule has 0 aromatic heterocycles. The fraction of sp³-hybridized carbons (Fsp3) is 0.0385. The molecule has 0 unspecified atom stereocenters. The lowest BCUT2D eigenvalue weighted by atomic mass is 10.0. The van der Waals surface area contributed by atoms with E-state index in [-0.39, 0.29) is 0 Å². The first-order valence-corrected chi connectivity index (χ1v) is 10.0. The van der Waals surface area contributed by atoms with Gasteiger partial charge in [0.15, 0.2) is 0 Å². The largest absolute Gasteiger partial charge is 0.489 e. The zero-order valence-electron chi connectivity index (χ0n) is 15.4. The van der Waals surface area contributed by atoms with Crippen molar-refractivity contribution in [2.45, 2.75) is 6.61 Å². The number of ether oxygens (including phenoxy) is 1. The van der Waals surface area contributed by atoms with Crippen molar-refractivity contribution in [2.75, 3.05) is 0 Å². The second kappa shape index (κ2) is 8.90. The molecule has 4 aromatic rings. The van der Waals surface area contributed by atoms with Gasteiger partial charge in [0.05, 0.1) is 0 Å². The Hall–Kier alpha value is -2.84. The predicted octanol–water partition coefficient (Wildman–Crippen LogP) is 7.30. The van der Waals surface area contributed by atoms with Crippen molar-refractivity contribution in [3.05, 3.63) is 131 Å². The van der Waals surface area contributed by atoms with Crippen LogP contribution in [0.25, 0.3) is 11.1 Å². The van der Waals surface area contributed by atoms with Gasteiger partial charge in [0.2, 0.25) is 0 Å². The van der Waals surface area contributed by atoms with E-state index in [1.54, 1.807) is 0 Å². The normalized spacial score (nSPS) is 10.6. The number of hydrogen-bond acceptors (Lipinski definition) is 1. The molecule has 0 atom stereocenters. The van der Waals surface area contributed by atoms with Crippen LogP contribution in [0.4, 0.5) is 0 Å². The first-order chi connectivity index (χ1) is 13.8. The van der Waals surface area contributed by atoms with Gasteiger partial charge in [0, 0.05) is 10.9 Å². The molecule has 0 saturated heterocycles. The smallest absolute Gasteiger partial charge is 0.119 e. The zero-order chi connectivity index (χ0) is 19.2. The van der Waals surface area contributed by atoms with Crippen molar-refractivity contribution in [3.8, 4) is 16.9 Å². The Morgan fingerprint density at radius 3 is 1.82 bits per heavy atom. The van der Waals surface area contributed by atoms with Crippen molar-refractivity contribution >= 4 is 15.9 Å². The first kappa shape index (κ1) is 18.5. The van der Waals surface area contributed by atoms with Gasteiger partial charge < -0.3 is 4.74 Å². The topological polar surface area (TPSA) is 9.23 Å². The molecule has 4 aromatic carbocycles. The molecule has 0 aliphatic heterocycles. The standard InChI is InChI=1S/C26H20BrO/c27-25-14-8-22(9-15-25)19-28-26-16-12-24(13-17-26)23-10-6-21(7-11-23)18-20-4-2-1-3-5-20/h1-18H,19H2. The maximum absolute atomic E-state index is 5.89. The highest BCUT2D eigenvalue weighted by molar-refractivity contribution is 9.10. The van der Waals surface area contributed by atoms with Gasteiger partial charge in [-0.1, -0.05) is 94.8 Å². The maximum atomic E-state index is 5.89. The van der Waals surface area contributed by atoms with Crippen LogP contribution >= 0.6 is 15.9 Å². The molecule has 0 spiro atoms. The molecule has 0 aliphatic carbocycles. The Morgan fingerprint density at radius 1 is 0.607 bits per heavy atom. The van der Waals surface area contributed by atoms with E-state index in [4.69, 9.17) is 4.74 Å². The second-order valence-electron chi connectivity index (χ2n) is 6.62. The summed E-state index contributed by atoms with van der Waals surface area (Å²) in [6.07, 6.45) is 2.18. The Balaban J connectivity index is 1.38. The van der Waals surface area contributed by atoms with Gasteiger partial charge in [0.25, 0.3) is 0 Å². The molecule has 0 aliphatic rings. The first-order valence-electron chi connectivity index (χ1n) is 9.24. The average Bonchev–Trinajstić information content (AvgIpc) is 2.75. The van der Waals surface area contributed by atoms with E-state index in [0.29, 0.717) is 6.61 Å². The van der Waals surface area contributed by atoms with E-state index < -0.39 is 0 Å². The summed E-state index contributed by atoms with van der Waals surface area (Å²) < 4.78 is 6.96. The minimum absolute atomic E-state index is 0.566. The summed E-state index contributed by atoms with van der Waals surface area (Å²) in [6.45, 7) is 0.566. The van der Waals surface area contributed by atoms with Crippen molar-refractivity contribution in [1.82, 2.24) is 0 Å². The SMILES string of the molecule is Brc1ccc(COc2ccc(-c3ccc([CH]c4ccccc4)cc3)cc2)cc1. The number of halogens is 1. The molecule has 1 nitrogen and oxygen atoms in total. The van der Waals surface area contributed by atoms with Crippen LogP contribution in [-0.2, 0) is 6.61 Å². The fourth-order valence-electron chi connectivity index (χ4n) is 3.00. The fourth-order valence-corrected chi connectivity index (χ4v) is 3.27. The van der Waals surface area contributed by atoms with E-state index >= 15 is 0 Å². The molecule has 4 rings (SSSR count). The third-order valence-electron chi connectivity index (χ3n) is 4.55. The van der Waals surface area contributed by atoms with Crippen LogP contribution in [-0.4, -0.2) is 0 Å². The zero-order valence-corrected chi connectivity index (χ0v) is 17.0. The third-order valence-corrected chi connectivity index (χ3v) is 5.08. The molecule has 1 radical (unpaired) electrons. The average molecular weight is 428 g/mol. The van der Waals surface area contributed by atoms with E-state index in [1.165, 1.54) is 22.3 Å². The van der Waals surface area contributed by atoms with E-state index in [2.05, 4.69) is 95.1 Å². The number of hydrogen-bond donors (Lipinski definition) is 0. The van der Waals surface area contributed by atoms with E-state index in [9.17, 15) is 0 Å². The van der Waals surface area contributed by atoms with Crippen molar-refractivity contribution in [3.63, 3.8) is 0 Å². The highest BCUT2D eigenvalue weighted by atomic mass is 79.9. The van der Waals surface area contributed by atoms with Gasteiger partial charge in [-0.25, -0.2) is 0 Å². The van der Waals surface area contributed by atoms with E-state index in [1.807, 2.05) is 30.3 Å². The van der Waals surface area contributed by atoms with Gasteiger partial charge in [-0.3, -0.25) is 0 Å². The van der Waals surface area contributed by atoms with Crippen LogP contribution < -0.4 is 4.74 Å². The summed E-state index contributed by atoms with van der Waals surface area (Å²) in [5.74, 6) is 0.876. The third kappa shape index (κ3) is 4.90. The molecular formula is C26H20BrO. The van der Waals surface area contributed by atoms with Crippen LogP contribution in [0.1, 0.15) is 16.7 Å². The van der Waals surface area contributed by atoms with Gasteiger partial charge in [-0.15, -0.1) is 0 Å². The van der Waals surface area contributed by atoms with Crippen LogP contribution in [0, 0.1) is 6.42 Å². The van der Waals surface area contributed by atoms with Crippen molar-refractivity contribution in [2.24, 2.45) is 0 Å². The van der Waals surface area contributed by atoms with Gasteiger partial charge in [-0.2, -0.15) is 0 Å². The summed E-state index contributed by atoms with van der Waals surface area (Å²) in [5.41, 5.74) is 5.94. The molecule has 137 valence electrons. The molecule has 0 saturated carbocycles. The Bertz CT molecular complexity index is 1000. The minimum atomic E-state index is 0.566. The summed E-state index contributed by atoms with van der Waals surface area (Å²) >= 11 is 3.45. The van der Waals surface area contributed by atoms with Crippen molar-refractivity contribution < 1.29 is 4.74 Å². The lowest BCUT2D eigenvalue weighted by molar-refractivity contribution is 0.306. The molecule has 0 fully saturated rings. The molecular weight excluding hydrogens is 408 g/mol. The molecule has 0 bridgehead atoms. The Morgan fingerprint density at radius 2 is 1.18 bits per heavy atom. The van der Waals surface area contributed by atoms with Crippen molar-refractivity contribution in [1.29, 1.82) is 0 Å². The second-order valence-corrected chi connectivity index (χ2v) is 7.53. The van der Waals surface area contributed by atoms with Gasteiger partial charge >= 0.3 is 0 Å². The number of rotatable bonds is 6. The van der Waals surface area contributed by atoms with Crippen LogP contribution in [0.5, 0.6) is 5.75 Å². The molecule has 0 amide bonds. The quantitative estimate of drug-likeness (QED) is 0.313. The Labute approximate surface area is 174 Å². The monoisotopic (exact) mass is 427 g/mol.